The second-order valence-electron chi connectivity index (χ2n) is 3.63. The van der Waals surface area contributed by atoms with Gasteiger partial charge in [-0.3, -0.25) is 14.9 Å². The zero-order chi connectivity index (χ0) is 14.0. The number of nitro benzene ring substituents is 1. The standard InChI is InChI=1S/C11H8ClN3O3S/c1-14-4-5-19-11(14)13-10(16)8-6-7(12)2-3-9(8)15(17)18/h2-6H,1H3. The van der Waals surface area contributed by atoms with Crippen molar-refractivity contribution < 1.29 is 9.72 Å². The first-order chi connectivity index (χ1) is 8.99. The summed E-state index contributed by atoms with van der Waals surface area (Å²) in [6.45, 7) is 0. The van der Waals surface area contributed by atoms with Crippen molar-refractivity contribution in [3.05, 3.63) is 55.3 Å². The molecule has 8 heteroatoms. The molecule has 1 aromatic heterocycles. The fourth-order valence-electron chi connectivity index (χ4n) is 1.42. The zero-order valence-corrected chi connectivity index (χ0v) is 11.3. The van der Waals surface area contributed by atoms with Crippen LogP contribution in [0, 0.1) is 10.1 Å². The smallest absolute Gasteiger partial charge is 0.286 e. The van der Waals surface area contributed by atoms with Crippen LogP contribution < -0.4 is 4.80 Å². The number of thiazole rings is 1. The molecule has 0 aliphatic rings. The molecular weight excluding hydrogens is 290 g/mol. The molecule has 1 heterocycles. The summed E-state index contributed by atoms with van der Waals surface area (Å²) in [5, 5.41) is 12.9. The number of hydrogen-bond donors (Lipinski definition) is 0. The van der Waals surface area contributed by atoms with Gasteiger partial charge in [-0.15, -0.1) is 11.3 Å². The van der Waals surface area contributed by atoms with Crippen LogP contribution in [-0.2, 0) is 7.05 Å². The van der Waals surface area contributed by atoms with Gasteiger partial charge in [0.25, 0.3) is 11.6 Å². The molecule has 0 N–H and O–H groups in total. The first-order valence-corrected chi connectivity index (χ1v) is 6.38. The quantitative estimate of drug-likeness (QED) is 0.631. The normalized spacial score (nSPS) is 11.6. The Kier molecular flexibility index (Phi) is 3.77. The number of rotatable bonds is 2. The molecule has 0 bridgehead atoms. The number of nitro groups is 1. The van der Waals surface area contributed by atoms with Crippen molar-refractivity contribution in [2.75, 3.05) is 0 Å². The molecule has 0 atom stereocenters. The average Bonchev–Trinajstić information content (AvgIpc) is 2.74. The van der Waals surface area contributed by atoms with E-state index in [0.717, 1.165) is 0 Å². The molecule has 2 aromatic rings. The Balaban J connectivity index is 2.53. The highest BCUT2D eigenvalue weighted by Gasteiger charge is 2.20. The number of nitrogens with zero attached hydrogens (tertiary/aromatic N) is 3. The van der Waals surface area contributed by atoms with Crippen LogP contribution in [0.5, 0.6) is 0 Å². The minimum Gasteiger partial charge on any atom is -0.327 e. The molecule has 6 nitrogen and oxygen atoms in total. The molecule has 0 aliphatic heterocycles. The predicted octanol–water partition coefficient (Wildman–Crippen LogP) is 2.39. The lowest BCUT2D eigenvalue weighted by Gasteiger charge is -1.99. The number of halogens is 1. The fourth-order valence-corrected chi connectivity index (χ4v) is 2.32. The van der Waals surface area contributed by atoms with Gasteiger partial charge in [0.15, 0.2) is 4.80 Å². The second kappa shape index (κ2) is 5.33. The summed E-state index contributed by atoms with van der Waals surface area (Å²) in [6.07, 6.45) is 1.74. The van der Waals surface area contributed by atoms with Crippen LogP contribution >= 0.6 is 22.9 Å². The molecule has 0 saturated carbocycles. The van der Waals surface area contributed by atoms with E-state index < -0.39 is 10.8 Å². The molecule has 0 spiro atoms. The number of aromatic nitrogens is 1. The Morgan fingerprint density at radius 2 is 2.26 bits per heavy atom. The summed E-state index contributed by atoms with van der Waals surface area (Å²) in [6, 6.07) is 3.81. The van der Waals surface area contributed by atoms with Crippen LogP contribution in [0.2, 0.25) is 5.02 Å². The van der Waals surface area contributed by atoms with Crippen LogP contribution in [-0.4, -0.2) is 15.4 Å². The van der Waals surface area contributed by atoms with Crippen molar-refractivity contribution in [1.29, 1.82) is 0 Å². The van der Waals surface area contributed by atoms with E-state index >= 15 is 0 Å². The Morgan fingerprint density at radius 1 is 1.53 bits per heavy atom. The molecule has 0 aliphatic carbocycles. The van der Waals surface area contributed by atoms with Crippen LogP contribution in [0.25, 0.3) is 0 Å². The number of carbonyl (C=O) groups is 1. The summed E-state index contributed by atoms with van der Waals surface area (Å²) in [5.41, 5.74) is -0.428. The SMILES string of the molecule is Cn1ccsc1=NC(=O)c1cc(Cl)ccc1[N+](=O)[O-]. The fraction of sp³-hybridized carbons (Fsp3) is 0.0909. The Labute approximate surface area is 116 Å². The van der Waals surface area contributed by atoms with Crippen LogP contribution in [0.1, 0.15) is 10.4 Å². The Bertz CT molecular complexity index is 720. The lowest BCUT2D eigenvalue weighted by Crippen LogP contribution is -2.13. The molecule has 2 rings (SSSR count). The molecule has 0 fully saturated rings. The van der Waals surface area contributed by atoms with Gasteiger partial charge in [0, 0.05) is 29.7 Å². The number of aryl methyl sites for hydroxylation is 1. The first-order valence-electron chi connectivity index (χ1n) is 5.12. The van der Waals surface area contributed by atoms with Crippen LogP contribution in [0.4, 0.5) is 5.69 Å². The third-order valence-corrected chi connectivity index (χ3v) is 3.43. The van der Waals surface area contributed by atoms with Gasteiger partial charge in [0.05, 0.1) is 4.92 Å². The summed E-state index contributed by atoms with van der Waals surface area (Å²) in [4.78, 5) is 26.6. The lowest BCUT2D eigenvalue weighted by molar-refractivity contribution is -0.385. The van der Waals surface area contributed by atoms with E-state index in [4.69, 9.17) is 11.6 Å². The third kappa shape index (κ3) is 2.88. The summed E-state index contributed by atoms with van der Waals surface area (Å²) >= 11 is 7.02. The van der Waals surface area contributed by atoms with Gasteiger partial charge in [0.2, 0.25) is 0 Å². The lowest BCUT2D eigenvalue weighted by atomic mass is 10.2. The van der Waals surface area contributed by atoms with E-state index in [1.807, 2.05) is 0 Å². The first kappa shape index (κ1) is 13.4. The Hall–Kier alpha value is -1.99. The zero-order valence-electron chi connectivity index (χ0n) is 9.74. The molecule has 0 radical (unpaired) electrons. The maximum atomic E-state index is 12.0. The van der Waals surface area contributed by atoms with Crippen molar-refractivity contribution in [2.45, 2.75) is 0 Å². The third-order valence-electron chi connectivity index (χ3n) is 2.34. The maximum Gasteiger partial charge on any atom is 0.286 e. The minimum absolute atomic E-state index is 0.120. The second-order valence-corrected chi connectivity index (χ2v) is 4.94. The van der Waals surface area contributed by atoms with E-state index in [1.54, 1.807) is 23.2 Å². The van der Waals surface area contributed by atoms with Crippen LogP contribution in [0.15, 0.2) is 34.8 Å². The summed E-state index contributed by atoms with van der Waals surface area (Å²) < 4.78 is 1.65. The maximum absolute atomic E-state index is 12.0. The van der Waals surface area contributed by atoms with E-state index in [-0.39, 0.29) is 16.3 Å². The van der Waals surface area contributed by atoms with Gasteiger partial charge in [0.1, 0.15) is 5.56 Å². The van der Waals surface area contributed by atoms with Crippen molar-refractivity contribution in [1.82, 2.24) is 4.57 Å². The molecule has 0 unspecified atom stereocenters. The molecule has 0 saturated heterocycles. The monoisotopic (exact) mass is 297 g/mol. The van der Waals surface area contributed by atoms with Crippen molar-refractivity contribution >= 4 is 34.5 Å². The largest absolute Gasteiger partial charge is 0.327 e. The Morgan fingerprint density at radius 3 is 2.84 bits per heavy atom. The van der Waals surface area contributed by atoms with Crippen LogP contribution in [0.3, 0.4) is 0 Å². The highest BCUT2D eigenvalue weighted by Crippen LogP contribution is 2.23. The molecular formula is C11H8ClN3O3S. The summed E-state index contributed by atoms with van der Waals surface area (Å²) in [7, 11) is 1.73. The molecule has 19 heavy (non-hydrogen) atoms. The highest BCUT2D eigenvalue weighted by molar-refractivity contribution is 7.07. The van der Waals surface area contributed by atoms with Gasteiger partial charge in [-0.1, -0.05) is 11.6 Å². The molecule has 1 aromatic carbocycles. The predicted molar refractivity (Wildman–Crippen MR) is 71.3 cm³/mol. The van der Waals surface area contributed by atoms with Gasteiger partial charge < -0.3 is 4.57 Å². The van der Waals surface area contributed by atoms with E-state index in [1.165, 1.54) is 29.5 Å². The van der Waals surface area contributed by atoms with Gasteiger partial charge >= 0.3 is 0 Å². The minimum atomic E-state index is -0.688. The van der Waals surface area contributed by atoms with Gasteiger partial charge in [-0.05, 0) is 12.1 Å². The molecule has 98 valence electrons. The van der Waals surface area contributed by atoms with E-state index in [2.05, 4.69) is 4.99 Å². The number of benzene rings is 1. The number of carbonyl (C=O) groups excluding carboxylic acids is 1. The van der Waals surface area contributed by atoms with Crippen molar-refractivity contribution in [3.8, 4) is 0 Å². The van der Waals surface area contributed by atoms with Crippen molar-refractivity contribution in [3.63, 3.8) is 0 Å². The van der Waals surface area contributed by atoms with Gasteiger partial charge in [-0.25, -0.2) is 0 Å². The number of hydrogen-bond acceptors (Lipinski definition) is 4. The average molecular weight is 298 g/mol. The topological polar surface area (TPSA) is 77.5 Å². The van der Waals surface area contributed by atoms with E-state index in [9.17, 15) is 14.9 Å². The van der Waals surface area contributed by atoms with Gasteiger partial charge in [-0.2, -0.15) is 4.99 Å². The summed E-state index contributed by atoms with van der Waals surface area (Å²) in [5.74, 6) is -0.688. The molecule has 1 amide bonds. The highest BCUT2D eigenvalue weighted by atomic mass is 35.5. The van der Waals surface area contributed by atoms with Crippen molar-refractivity contribution in [2.24, 2.45) is 12.0 Å². The number of amides is 1. The van der Waals surface area contributed by atoms with E-state index in [0.29, 0.717) is 4.80 Å².